The van der Waals surface area contributed by atoms with Crippen molar-refractivity contribution in [2.75, 3.05) is 30.5 Å². The van der Waals surface area contributed by atoms with Gasteiger partial charge in [-0.05, 0) is 63.2 Å². The Balaban J connectivity index is 1.93. The number of nitrogens with zero attached hydrogens (tertiary/aromatic N) is 2. The first-order chi connectivity index (χ1) is 13.8. The summed E-state index contributed by atoms with van der Waals surface area (Å²) >= 11 is 12.4. The fraction of sp³-hybridized carbons (Fsp3) is 0.429. The molecular weight excluding hydrogens is 431 g/mol. The highest BCUT2D eigenvalue weighted by Gasteiger charge is 2.29. The van der Waals surface area contributed by atoms with Gasteiger partial charge in [-0.15, -0.1) is 0 Å². The summed E-state index contributed by atoms with van der Waals surface area (Å²) in [6, 6.07) is 11.3. The lowest BCUT2D eigenvalue weighted by Gasteiger charge is -2.32. The zero-order valence-electron chi connectivity index (χ0n) is 16.4. The average molecular weight is 457 g/mol. The van der Waals surface area contributed by atoms with Crippen molar-refractivity contribution in [1.82, 2.24) is 4.90 Å². The van der Waals surface area contributed by atoms with Crippen molar-refractivity contribution in [2.45, 2.75) is 37.2 Å². The molecule has 0 saturated carbocycles. The number of benzene rings is 2. The molecule has 29 heavy (non-hydrogen) atoms. The highest BCUT2D eigenvalue weighted by molar-refractivity contribution is 7.92. The zero-order chi connectivity index (χ0) is 21.0. The maximum Gasteiger partial charge on any atom is 0.264 e. The molecule has 8 heteroatoms. The van der Waals surface area contributed by atoms with E-state index < -0.39 is 16.1 Å². The number of hydrogen-bond acceptors (Lipinski definition) is 4. The Morgan fingerprint density at radius 1 is 1.07 bits per heavy atom. The Morgan fingerprint density at radius 3 is 2.38 bits per heavy atom. The van der Waals surface area contributed by atoms with Gasteiger partial charge >= 0.3 is 0 Å². The highest BCUT2D eigenvalue weighted by Crippen LogP contribution is 2.33. The molecule has 1 N–H and O–H groups in total. The van der Waals surface area contributed by atoms with Gasteiger partial charge in [0.05, 0.1) is 28.3 Å². The van der Waals surface area contributed by atoms with Crippen LogP contribution in [0.15, 0.2) is 47.4 Å². The van der Waals surface area contributed by atoms with Crippen LogP contribution in [0.4, 0.5) is 5.69 Å². The highest BCUT2D eigenvalue weighted by atomic mass is 35.5. The average Bonchev–Trinajstić information content (AvgIpc) is 2.69. The first-order valence-electron chi connectivity index (χ1n) is 9.72. The van der Waals surface area contributed by atoms with Gasteiger partial charge in [0.15, 0.2) is 0 Å². The van der Waals surface area contributed by atoms with Gasteiger partial charge in [-0.2, -0.15) is 0 Å². The van der Waals surface area contributed by atoms with Gasteiger partial charge < -0.3 is 10.0 Å². The third kappa shape index (κ3) is 5.64. The molecule has 0 radical (unpaired) electrons. The minimum Gasteiger partial charge on any atom is -0.390 e. The van der Waals surface area contributed by atoms with E-state index in [0.29, 0.717) is 11.6 Å². The molecule has 1 unspecified atom stereocenters. The van der Waals surface area contributed by atoms with Gasteiger partial charge in [0, 0.05) is 11.6 Å². The van der Waals surface area contributed by atoms with E-state index in [4.69, 9.17) is 23.2 Å². The molecular formula is C21H26Cl2N2O3S. The minimum absolute atomic E-state index is 0.104. The van der Waals surface area contributed by atoms with E-state index in [1.165, 1.54) is 16.8 Å². The molecule has 1 aliphatic rings. The number of β-amino-alcohol motifs (C(OH)–C–C–N with tert-alkyl or cyclic N) is 1. The molecule has 5 nitrogen and oxygen atoms in total. The molecule has 1 atom stereocenters. The quantitative estimate of drug-likeness (QED) is 0.672. The summed E-state index contributed by atoms with van der Waals surface area (Å²) in [5.41, 5.74) is 1.22. The van der Waals surface area contributed by atoms with Crippen molar-refractivity contribution >= 4 is 38.9 Å². The van der Waals surface area contributed by atoms with Crippen LogP contribution in [0.1, 0.15) is 24.8 Å². The number of aliphatic hydroxyl groups excluding tert-OH is 1. The molecule has 3 rings (SSSR count). The van der Waals surface area contributed by atoms with Crippen LogP contribution >= 0.6 is 23.2 Å². The van der Waals surface area contributed by atoms with Crippen LogP contribution in [0.3, 0.4) is 0 Å². The molecule has 0 aromatic heterocycles. The van der Waals surface area contributed by atoms with Crippen LogP contribution in [-0.4, -0.2) is 50.7 Å². The summed E-state index contributed by atoms with van der Waals surface area (Å²) in [6.45, 7) is 4.04. The molecule has 1 saturated heterocycles. The third-order valence-corrected chi connectivity index (χ3v) is 7.43. The van der Waals surface area contributed by atoms with Crippen molar-refractivity contribution in [1.29, 1.82) is 0 Å². The molecule has 1 aliphatic heterocycles. The summed E-state index contributed by atoms with van der Waals surface area (Å²) in [5.74, 6) is 0. The number of likely N-dealkylation sites (tertiary alicyclic amines) is 1. The fourth-order valence-corrected chi connectivity index (χ4v) is 5.48. The van der Waals surface area contributed by atoms with Crippen LogP contribution in [0.2, 0.25) is 10.0 Å². The van der Waals surface area contributed by atoms with Crippen molar-refractivity contribution in [2.24, 2.45) is 0 Å². The number of sulfonamides is 1. The predicted molar refractivity (Wildman–Crippen MR) is 118 cm³/mol. The summed E-state index contributed by atoms with van der Waals surface area (Å²) in [6.07, 6.45) is 2.53. The maximum absolute atomic E-state index is 13.4. The zero-order valence-corrected chi connectivity index (χ0v) is 18.7. The molecule has 1 fully saturated rings. The monoisotopic (exact) mass is 456 g/mol. The Bertz CT molecular complexity index is 929. The van der Waals surface area contributed by atoms with Crippen molar-refractivity contribution < 1.29 is 13.5 Å². The lowest BCUT2D eigenvalue weighted by atomic mass is 10.1. The second-order valence-electron chi connectivity index (χ2n) is 7.46. The third-order valence-electron chi connectivity index (χ3n) is 5.08. The van der Waals surface area contributed by atoms with Crippen LogP contribution in [0.5, 0.6) is 0 Å². The van der Waals surface area contributed by atoms with Crippen LogP contribution < -0.4 is 4.31 Å². The number of halogens is 2. The van der Waals surface area contributed by atoms with Gasteiger partial charge in [0.1, 0.15) is 0 Å². The first kappa shape index (κ1) is 22.4. The summed E-state index contributed by atoms with van der Waals surface area (Å²) < 4.78 is 28.0. The molecule has 0 aliphatic carbocycles. The number of aliphatic hydroxyl groups is 1. The van der Waals surface area contributed by atoms with Crippen LogP contribution in [0.25, 0.3) is 0 Å². The lowest BCUT2D eigenvalue weighted by molar-refractivity contribution is 0.107. The summed E-state index contributed by atoms with van der Waals surface area (Å²) in [4.78, 5) is 2.31. The second kappa shape index (κ2) is 9.67. The van der Waals surface area contributed by atoms with Crippen molar-refractivity contribution in [3.63, 3.8) is 0 Å². The van der Waals surface area contributed by atoms with E-state index >= 15 is 0 Å². The molecule has 0 bridgehead atoms. The van der Waals surface area contributed by atoms with Gasteiger partial charge in [-0.25, -0.2) is 8.42 Å². The second-order valence-corrected chi connectivity index (χ2v) is 10.2. The normalized spacial score (nSPS) is 16.6. The largest absolute Gasteiger partial charge is 0.390 e. The predicted octanol–water partition coefficient (Wildman–Crippen LogP) is 4.34. The Hall–Kier alpha value is -1.31. The SMILES string of the molecule is Cc1ccc(S(=O)(=O)N(CC(O)CN2CCCCC2)c2cc(Cl)ccc2Cl)cc1. The van der Waals surface area contributed by atoms with Gasteiger partial charge in [0.2, 0.25) is 0 Å². The topological polar surface area (TPSA) is 60.9 Å². The molecule has 0 amide bonds. The van der Waals surface area contributed by atoms with E-state index in [1.54, 1.807) is 36.4 Å². The smallest absolute Gasteiger partial charge is 0.264 e. The van der Waals surface area contributed by atoms with E-state index in [1.807, 2.05) is 6.92 Å². The number of rotatable bonds is 7. The van der Waals surface area contributed by atoms with Crippen LogP contribution in [-0.2, 0) is 10.0 Å². The van der Waals surface area contributed by atoms with Crippen molar-refractivity contribution in [3.05, 3.63) is 58.1 Å². The maximum atomic E-state index is 13.4. The van der Waals surface area contributed by atoms with Gasteiger partial charge in [-0.1, -0.05) is 47.3 Å². The molecule has 0 spiro atoms. The lowest BCUT2D eigenvalue weighted by Crippen LogP contribution is -2.44. The van der Waals surface area contributed by atoms with Gasteiger partial charge in [0.25, 0.3) is 10.0 Å². The van der Waals surface area contributed by atoms with E-state index in [9.17, 15) is 13.5 Å². The number of hydrogen-bond donors (Lipinski definition) is 1. The molecule has 158 valence electrons. The Labute approximate surface area is 182 Å². The summed E-state index contributed by atoms with van der Waals surface area (Å²) in [5, 5.41) is 11.4. The molecule has 1 heterocycles. The van der Waals surface area contributed by atoms with Crippen LogP contribution in [0, 0.1) is 6.92 Å². The number of aryl methyl sites for hydroxylation is 1. The fourth-order valence-electron chi connectivity index (χ4n) is 3.53. The first-order valence-corrected chi connectivity index (χ1v) is 11.9. The van der Waals surface area contributed by atoms with E-state index in [-0.39, 0.29) is 22.2 Å². The standard InChI is InChI=1S/C21H26Cl2N2O3S/c1-16-5-8-19(9-6-16)29(27,28)25(21-13-17(22)7-10-20(21)23)15-18(26)14-24-11-3-2-4-12-24/h5-10,13,18,26H,2-4,11-12,14-15H2,1H3. The van der Waals surface area contributed by atoms with Gasteiger partial charge in [-0.3, -0.25) is 4.31 Å². The van der Waals surface area contributed by atoms with E-state index in [0.717, 1.165) is 31.5 Å². The number of piperidine rings is 1. The van der Waals surface area contributed by atoms with E-state index in [2.05, 4.69) is 4.90 Å². The Kier molecular flexibility index (Phi) is 7.46. The molecule has 2 aromatic carbocycles. The Morgan fingerprint density at radius 2 is 1.72 bits per heavy atom. The van der Waals surface area contributed by atoms with Crippen molar-refractivity contribution in [3.8, 4) is 0 Å². The number of anilines is 1. The molecule has 2 aromatic rings. The summed E-state index contributed by atoms with van der Waals surface area (Å²) in [7, 11) is -3.93. The minimum atomic E-state index is -3.93.